The molecule has 114 valence electrons. The van der Waals surface area contributed by atoms with Crippen molar-refractivity contribution in [1.82, 2.24) is 0 Å². The maximum absolute atomic E-state index is 12.3. The number of carbonyl (C=O) groups excluding carboxylic acids is 1. The monoisotopic (exact) mass is 363 g/mol. The van der Waals surface area contributed by atoms with Crippen LogP contribution in [0.5, 0.6) is 0 Å². The summed E-state index contributed by atoms with van der Waals surface area (Å²) in [7, 11) is 1.31. The number of carbonyl (C=O) groups is 1. The van der Waals surface area contributed by atoms with Crippen LogP contribution in [0.25, 0.3) is 0 Å². The second kappa shape index (κ2) is 8.37. The van der Waals surface area contributed by atoms with Gasteiger partial charge in [-0.15, -0.1) is 0 Å². The Balaban J connectivity index is 2.12. The first-order valence-electron chi connectivity index (χ1n) is 6.82. The van der Waals surface area contributed by atoms with Gasteiger partial charge < -0.3 is 0 Å². The van der Waals surface area contributed by atoms with Crippen LogP contribution in [-0.2, 0) is 9.53 Å². The number of rotatable bonds is 6. The Morgan fingerprint density at radius 2 is 1.77 bits per heavy atom. The summed E-state index contributed by atoms with van der Waals surface area (Å²) in [5, 5.41) is 12.8. The zero-order valence-electron chi connectivity index (χ0n) is 12.2. The van der Waals surface area contributed by atoms with E-state index in [1.165, 1.54) is 13.3 Å². The molecule has 4 nitrogen and oxygen atoms in total. The van der Waals surface area contributed by atoms with E-state index < -0.39 is 12.0 Å². The van der Waals surface area contributed by atoms with Gasteiger partial charge in [0.05, 0.1) is 0 Å². The molecule has 0 fully saturated rings. The van der Waals surface area contributed by atoms with Crippen molar-refractivity contribution in [1.29, 1.82) is 0 Å². The van der Waals surface area contributed by atoms with E-state index in [1.807, 2.05) is 60.7 Å². The topological polar surface area (TPSA) is 52.4 Å². The van der Waals surface area contributed by atoms with Gasteiger partial charge in [0.15, 0.2) is 0 Å². The van der Waals surface area contributed by atoms with Crippen LogP contribution >= 0.6 is 0 Å². The molecule has 0 bridgehead atoms. The van der Waals surface area contributed by atoms with Crippen molar-refractivity contribution < 1.29 is 14.3 Å². The van der Waals surface area contributed by atoms with E-state index in [0.29, 0.717) is 10.1 Å². The number of hydrogen-bond acceptors (Lipinski definition) is 3. The van der Waals surface area contributed by atoms with Crippen molar-refractivity contribution >= 4 is 31.6 Å². The molecule has 1 unspecified atom stereocenters. The van der Waals surface area contributed by atoms with Gasteiger partial charge in [0.2, 0.25) is 0 Å². The minimum atomic E-state index is -0.814. The molecular weight excluding hydrogens is 345 g/mol. The predicted molar refractivity (Wildman–Crippen MR) is 87.7 cm³/mol. The fourth-order valence-corrected chi connectivity index (χ4v) is 3.91. The van der Waals surface area contributed by atoms with E-state index in [0.717, 1.165) is 10.0 Å². The average Bonchev–Trinajstić information content (AvgIpc) is 2.56. The Morgan fingerprint density at radius 3 is 2.36 bits per heavy atom. The van der Waals surface area contributed by atoms with Gasteiger partial charge in [-0.05, 0) is 0 Å². The molecule has 0 heterocycles. The summed E-state index contributed by atoms with van der Waals surface area (Å²) in [6, 6.07) is 18.3. The van der Waals surface area contributed by atoms with Crippen molar-refractivity contribution in [3.63, 3.8) is 0 Å². The van der Waals surface area contributed by atoms with Crippen LogP contribution < -0.4 is 4.46 Å². The fraction of sp³-hybridized carbons (Fsp3) is 0.176. The Bertz CT molecular complexity index is 629. The second-order valence-corrected chi connectivity index (χ2v) is 6.86. The van der Waals surface area contributed by atoms with Crippen molar-refractivity contribution in [2.24, 2.45) is 0 Å². The molecular formula is C17H17NO3Se. The van der Waals surface area contributed by atoms with Crippen molar-refractivity contribution in [2.75, 3.05) is 7.11 Å². The predicted octanol–water partition coefficient (Wildman–Crippen LogP) is 1.61. The number of esters is 1. The van der Waals surface area contributed by atoms with E-state index in [1.54, 1.807) is 0 Å². The van der Waals surface area contributed by atoms with Gasteiger partial charge in [0, 0.05) is 0 Å². The summed E-state index contributed by atoms with van der Waals surface area (Å²) in [5.74, 6) is -0.500. The molecule has 2 rings (SSSR count). The quantitative estimate of drug-likeness (QED) is 0.196. The zero-order chi connectivity index (χ0) is 15.8. The van der Waals surface area contributed by atoms with Crippen LogP contribution in [0.15, 0.2) is 60.7 Å². The number of hydrogen-bond donors (Lipinski definition) is 0. The van der Waals surface area contributed by atoms with Gasteiger partial charge in [-0.1, -0.05) is 0 Å². The van der Waals surface area contributed by atoms with Crippen LogP contribution in [0.3, 0.4) is 0 Å². The van der Waals surface area contributed by atoms with Crippen LogP contribution in [0, 0.1) is 5.21 Å². The van der Waals surface area contributed by atoms with Crippen molar-refractivity contribution in [3.05, 3.63) is 71.4 Å². The molecule has 0 aliphatic heterocycles. The summed E-state index contributed by atoms with van der Waals surface area (Å²) in [6.45, 7) is 0. The summed E-state index contributed by atoms with van der Waals surface area (Å²) >= 11 is 0.0350. The molecule has 0 saturated carbocycles. The molecule has 0 spiro atoms. The molecule has 22 heavy (non-hydrogen) atoms. The van der Waals surface area contributed by atoms with Crippen LogP contribution in [0.1, 0.15) is 5.56 Å². The third-order valence-corrected chi connectivity index (χ3v) is 5.29. The van der Waals surface area contributed by atoms with Gasteiger partial charge in [0.25, 0.3) is 0 Å². The molecule has 0 aromatic heterocycles. The van der Waals surface area contributed by atoms with Gasteiger partial charge >= 0.3 is 136 Å². The van der Waals surface area contributed by atoms with E-state index in [-0.39, 0.29) is 15.0 Å². The zero-order valence-corrected chi connectivity index (χ0v) is 13.9. The number of methoxy groups -OCH3 is 1. The Hall–Kier alpha value is -2.10. The molecule has 5 heteroatoms. The number of benzene rings is 2. The molecule has 0 amide bonds. The van der Waals surface area contributed by atoms with Gasteiger partial charge in [-0.25, -0.2) is 0 Å². The SMILES string of the molecule is COC(=O)C(C[Se]c1ccccc1)/[N+]([O-])=C/c1ccccc1. The molecule has 0 radical (unpaired) electrons. The molecule has 0 aliphatic rings. The van der Waals surface area contributed by atoms with E-state index in [4.69, 9.17) is 4.74 Å². The fourth-order valence-electron chi connectivity index (χ4n) is 1.85. The standard InChI is InChI=1S/C17H17NO3Se/c1-21-17(19)16(13-22-15-10-6-3-7-11-15)18(20)12-14-8-4-2-5-9-14/h2-12,16H,13H2,1H3/b18-12-. The molecule has 2 aromatic carbocycles. The van der Waals surface area contributed by atoms with Crippen LogP contribution in [0.4, 0.5) is 0 Å². The summed E-state index contributed by atoms with van der Waals surface area (Å²) in [4.78, 5) is 11.9. The van der Waals surface area contributed by atoms with Crippen molar-refractivity contribution in [2.45, 2.75) is 11.4 Å². The molecule has 0 saturated heterocycles. The average molecular weight is 362 g/mol. The first kappa shape index (κ1) is 16.3. The van der Waals surface area contributed by atoms with E-state index in [2.05, 4.69) is 0 Å². The Labute approximate surface area is 136 Å². The summed E-state index contributed by atoms with van der Waals surface area (Å²) in [6.07, 6.45) is 1.43. The Kier molecular flexibility index (Phi) is 6.19. The third kappa shape index (κ3) is 4.72. The maximum atomic E-state index is 12.3. The molecule has 0 N–H and O–H groups in total. The number of nitrogens with zero attached hydrogens (tertiary/aromatic N) is 1. The molecule has 1 atom stereocenters. The first-order valence-corrected chi connectivity index (χ1v) is 8.88. The second-order valence-electron chi connectivity index (χ2n) is 4.56. The van der Waals surface area contributed by atoms with Crippen molar-refractivity contribution in [3.8, 4) is 0 Å². The minimum absolute atomic E-state index is 0.0350. The first-order chi connectivity index (χ1) is 10.7. The molecule has 2 aromatic rings. The number of ether oxygens (including phenoxy) is 1. The van der Waals surface area contributed by atoms with Crippen LogP contribution in [0.2, 0.25) is 5.32 Å². The van der Waals surface area contributed by atoms with E-state index >= 15 is 0 Å². The summed E-state index contributed by atoms with van der Waals surface area (Å²) < 4.78 is 6.62. The van der Waals surface area contributed by atoms with E-state index in [9.17, 15) is 10.0 Å². The van der Waals surface area contributed by atoms with Crippen LogP contribution in [-0.4, -0.2) is 45.0 Å². The Morgan fingerprint density at radius 1 is 1.18 bits per heavy atom. The third-order valence-electron chi connectivity index (χ3n) is 3.01. The normalized spacial score (nSPS) is 12.7. The number of hydroxylamine groups is 1. The summed E-state index contributed by atoms with van der Waals surface area (Å²) in [5.41, 5.74) is 0.763. The van der Waals surface area contributed by atoms with Gasteiger partial charge in [-0.3, -0.25) is 0 Å². The van der Waals surface area contributed by atoms with Gasteiger partial charge in [0.1, 0.15) is 0 Å². The molecule has 0 aliphatic carbocycles. The van der Waals surface area contributed by atoms with Gasteiger partial charge in [-0.2, -0.15) is 0 Å².